The van der Waals surface area contributed by atoms with Gasteiger partial charge in [-0.05, 0) is 37.5 Å². The smallest absolute Gasteiger partial charge is 0.169 e. The van der Waals surface area contributed by atoms with E-state index in [1.54, 1.807) is 14.2 Å². The van der Waals surface area contributed by atoms with Crippen molar-refractivity contribution in [1.82, 2.24) is 4.90 Å². The highest BCUT2D eigenvalue weighted by molar-refractivity contribution is 4.82. The van der Waals surface area contributed by atoms with Crippen molar-refractivity contribution < 1.29 is 9.47 Å². The maximum Gasteiger partial charge on any atom is 0.169 e. The molecule has 0 aromatic heterocycles. The van der Waals surface area contributed by atoms with Crippen molar-refractivity contribution in [3.05, 3.63) is 0 Å². The Morgan fingerprint density at radius 1 is 1.00 bits per heavy atom. The van der Waals surface area contributed by atoms with Gasteiger partial charge < -0.3 is 9.47 Å². The minimum Gasteiger partial charge on any atom is -0.355 e. The van der Waals surface area contributed by atoms with Crippen molar-refractivity contribution in [1.29, 1.82) is 0 Å². The summed E-state index contributed by atoms with van der Waals surface area (Å²) in [4.78, 5) is 2.53. The number of hydrogen-bond donors (Lipinski definition) is 0. The van der Waals surface area contributed by atoms with Gasteiger partial charge in [-0.15, -0.1) is 0 Å². The third-order valence-electron chi connectivity index (χ3n) is 3.36. The maximum absolute atomic E-state index is 5.27. The lowest BCUT2D eigenvalue weighted by Gasteiger charge is -2.25. The Labute approximate surface area is 92.7 Å². The average molecular weight is 213 g/mol. The molecular weight excluding hydrogens is 190 g/mol. The molecule has 2 saturated carbocycles. The highest BCUT2D eigenvalue weighted by Gasteiger charge is 2.30. The minimum atomic E-state index is -0.0532. The second-order valence-corrected chi connectivity index (χ2v) is 5.01. The molecule has 0 amide bonds. The fourth-order valence-electron chi connectivity index (χ4n) is 2.01. The summed E-state index contributed by atoms with van der Waals surface area (Å²) in [6, 6.07) is 0. The Kier molecular flexibility index (Phi) is 4.00. The summed E-state index contributed by atoms with van der Waals surface area (Å²) in [6.45, 7) is 3.43. The van der Waals surface area contributed by atoms with Gasteiger partial charge in [-0.1, -0.05) is 0 Å². The van der Waals surface area contributed by atoms with Gasteiger partial charge >= 0.3 is 0 Å². The molecule has 0 aromatic rings. The molecule has 88 valence electrons. The van der Waals surface area contributed by atoms with Gasteiger partial charge in [0.1, 0.15) is 0 Å². The van der Waals surface area contributed by atoms with Crippen LogP contribution in [-0.4, -0.2) is 45.0 Å². The maximum atomic E-state index is 5.27. The van der Waals surface area contributed by atoms with E-state index in [9.17, 15) is 0 Å². The van der Waals surface area contributed by atoms with Crippen LogP contribution in [0.2, 0.25) is 0 Å². The molecule has 2 rings (SSSR count). The van der Waals surface area contributed by atoms with Gasteiger partial charge in [0.15, 0.2) is 6.29 Å². The molecule has 0 heterocycles. The first kappa shape index (κ1) is 11.4. The number of ether oxygens (including phenoxy) is 2. The van der Waals surface area contributed by atoms with Gasteiger partial charge in [0.2, 0.25) is 0 Å². The summed E-state index contributed by atoms with van der Waals surface area (Å²) >= 11 is 0. The molecule has 15 heavy (non-hydrogen) atoms. The summed E-state index contributed by atoms with van der Waals surface area (Å²) < 4.78 is 10.5. The molecular formula is C12H23NO2. The van der Waals surface area contributed by atoms with Gasteiger partial charge in [-0.25, -0.2) is 0 Å². The summed E-state index contributed by atoms with van der Waals surface area (Å²) in [5.74, 6) is 1.91. The van der Waals surface area contributed by atoms with E-state index in [0.717, 1.165) is 18.4 Å². The molecule has 0 N–H and O–H groups in total. The standard InChI is InChI=1S/C12H23NO2/c1-14-12(15-2)9-13(7-10-3-4-10)8-11-5-6-11/h10-12H,3-9H2,1-2H3. The first-order valence-electron chi connectivity index (χ1n) is 6.09. The normalized spacial score (nSPS) is 21.6. The summed E-state index contributed by atoms with van der Waals surface area (Å²) in [7, 11) is 3.45. The van der Waals surface area contributed by atoms with E-state index in [4.69, 9.17) is 9.47 Å². The second-order valence-electron chi connectivity index (χ2n) is 5.01. The Balaban J connectivity index is 1.73. The minimum absolute atomic E-state index is 0.0532. The fourth-order valence-corrected chi connectivity index (χ4v) is 2.01. The Hall–Kier alpha value is -0.120. The Bertz CT molecular complexity index is 172. The van der Waals surface area contributed by atoms with E-state index in [-0.39, 0.29) is 6.29 Å². The van der Waals surface area contributed by atoms with E-state index < -0.39 is 0 Å². The second kappa shape index (κ2) is 5.28. The zero-order valence-corrected chi connectivity index (χ0v) is 9.95. The highest BCUT2D eigenvalue weighted by atomic mass is 16.7. The quantitative estimate of drug-likeness (QED) is 0.573. The molecule has 3 nitrogen and oxygen atoms in total. The lowest BCUT2D eigenvalue weighted by molar-refractivity contribution is -0.117. The summed E-state index contributed by atoms with van der Waals surface area (Å²) in [5, 5.41) is 0. The van der Waals surface area contributed by atoms with Crippen molar-refractivity contribution in [2.45, 2.75) is 32.0 Å². The van der Waals surface area contributed by atoms with Crippen LogP contribution in [0.5, 0.6) is 0 Å². The molecule has 2 aliphatic rings. The van der Waals surface area contributed by atoms with Crippen LogP contribution < -0.4 is 0 Å². The molecule has 0 radical (unpaired) electrons. The van der Waals surface area contributed by atoms with Gasteiger partial charge in [0.25, 0.3) is 0 Å². The average Bonchev–Trinajstić information content (AvgIpc) is 3.09. The number of rotatable bonds is 8. The molecule has 0 unspecified atom stereocenters. The van der Waals surface area contributed by atoms with E-state index in [2.05, 4.69) is 4.90 Å². The van der Waals surface area contributed by atoms with Gasteiger partial charge in [0, 0.05) is 33.9 Å². The Morgan fingerprint density at radius 3 is 1.80 bits per heavy atom. The van der Waals surface area contributed by atoms with Crippen LogP contribution in [-0.2, 0) is 9.47 Å². The predicted molar refractivity (Wildman–Crippen MR) is 59.7 cm³/mol. The van der Waals surface area contributed by atoms with Gasteiger partial charge in [-0.2, -0.15) is 0 Å². The number of nitrogens with zero attached hydrogens (tertiary/aromatic N) is 1. The molecule has 0 aromatic carbocycles. The van der Waals surface area contributed by atoms with Crippen molar-refractivity contribution in [2.75, 3.05) is 33.9 Å². The first-order valence-corrected chi connectivity index (χ1v) is 6.09. The zero-order chi connectivity index (χ0) is 10.7. The zero-order valence-electron chi connectivity index (χ0n) is 9.95. The van der Waals surface area contributed by atoms with Crippen molar-refractivity contribution in [2.24, 2.45) is 11.8 Å². The molecule has 0 bridgehead atoms. The lowest BCUT2D eigenvalue weighted by Crippen LogP contribution is -2.37. The van der Waals surface area contributed by atoms with Crippen LogP contribution in [0.4, 0.5) is 0 Å². The van der Waals surface area contributed by atoms with Crippen LogP contribution >= 0.6 is 0 Å². The highest BCUT2D eigenvalue weighted by Crippen LogP contribution is 2.33. The summed E-state index contributed by atoms with van der Waals surface area (Å²) in [6.07, 6.45) is 5.64. The fraction of sp³-hybridized carbons (Fsp3) is 1.00. The third-order valence-corrected chi connectivity index (χ3v) is 3.36. The lowest BCUT2D eigenvalue weighted by atomic mass is 10.3. The molecule has 2 aliphatic carbocycles. The molecule has 3 heteroatoms. The predicted octanol–water partition coefficient (Wildman–Crippen LogP) is 1.73. The van der Waals surface area contributed by atoms with Crippen LogP contribution in [0, 0.1) is 11.8 Å². The van der Waals surface area contributed by atoms with Crippen LogP contribution in [0.15, 0.2) is 0 Å². The SMILES string of the molecule is COC(CN(CC1CC1)CC1CC1)OC. The summed E-state index contributed by atoms with van der Waals surface area (Å²) in [5.41, 5.74) is 0. The van der Waals surface area contributed by atoms with Gasteiger partial charge in [-0.3, -0.25) is 4.90 Å². The number of methoxy groups -OCH3 is 2. The van der Waals surface area contributed by atoms with Crippen LogP contribution in [0.3, 0.4) is 0 Å². The molecule has 0 saturated heterocycles. The van der Waals surface area contributed by atoms with Gasteiger partial charge in [0.05, 0.1) is 0 Å². The van der Waals surface area contributed by atoms with Crippen LogP contribution in [0.25, 0.3) is 0 Å². The van der Waals surface area contributed by atoms with Crippen molar-refractivity contribution in [3.63, 3.8) is 0 Å². The van der Waals surface area contributed by atoms with Crippen LogP contribution in [0.1, 0.15) is 25.7 Å². The monoisotopic (exact) mass is 213 g/mol. The molecule has 2 fully saturated rings. The van der Waals surface area contributed by atoms with Crippen molar-refractivity contribution in [3.8, 4) is 0 Å². The topological polar surface area (TPSA) is 21.7 Å². The Morgan fingerprint density at radius 2 is 1.47 bits per heavy atom. The largest absolute Gasteiger partial charge is 0.355 e. The molecule has 0 atom stereocenters. The van der Waals surface area contributed by atoms with E-state index >= 15 is 0 Å². The van der Waals surface area contributed by atoms with E-state index in [1.807, 2.05) is 0 Å². The number of hydrogen-bond acceptors (Lipinski definition) is 3. The third kappa shape index (κ3) is 4.09. The molecule has 0 aliphatic heterocycles. The first-order chi connectivity index (χ1) is 7.31. The van der Waals surface area contributed by atoms with E-state index in [1.165, 1.54) is 38.8 Å². The van der Waals surface area contributed by atoms with Crippen molar-refractivity contribution >= 4 is 0 Å². The molecule has 0 spiro atoms. The van der Waals surface area contributed by atoms with E-state index in [0.29, 0.717) is 0 Å².